The van der Waals surface area contributed by atoms with Gasteiger partial charge in [-0.1, -0.05) is 28.8 Å². The molecule has 2 N–H and O–H groups in total. The van der Waals surface area contributed by atoms with Crippen LogP contribution in [0.3, 0.4) is 0 Å². The van der Waals surface area contributed by atoms with Gasteiger partial charge in [0.1, 0.15) is 12.7 Å². The zero-order valence-corrected chi connectivity index (χ0v) is 23.2. The quantitative estimate of drug-likeness (QED) is 0.195. The van der Waals surface area contributed by atoms with Crippen molar-refractivity contribution in [3.63, 3.8) is 0 Å². The normalized spacial score (nSPS) is 12.7. The molecule has 34 heavy (non-hydrogen) atoms. The molecule has 0 radical (unpaired) electrons. The summed E-state index contributed by atoms with van der Waals surface area (Å²) in [6, 6.07) is 14.8. The number of rotatable bonds is 6. The van der Waals surface area contributed by atoms with Crippen LogP contribution in [0.1, 0.15) is 27.2 Å². The molecule has 2 aromatic carbocycles. The van der Waals surface area contributed by atoms with Crippen LogP contribution in [0.2, 0.25) is 5.02 Å². The Labute approximate surface area is 221 Å². The summed E-state index contributed by atoms with van der Waals surface area (Å²) in [6.45, 7) is 4.21. The van der Waals surface area contributed by atoms with Gasteiger partial charge in [0.2, 0.25) is 0 Å². The second kappa shape index (κ2) is 10.6. The fourth-order valence-electron chi connectivity index (χ4n) is 3.99. The van der Waals surface area contributed by atoms with Crippen molar-refractivity contribution in [3.8, 4) is 0 Å². The Morgan fingerprint density at radius 2 is 1.74 bits per heavy atom. The van der Waals surface area contributed by atoms with E-state index in [0.29, 0.717) is 33.1 Å². The Morgan fingerprint density at radius 1 is 1.09 bits per heavy atom. The number of aromatic amines is 1. The highest BCUT2D eigenvalue weighted by Crippen LogP contribution is 2.47. The lowest BCUT2D eigenvalue weighted by molar-refractivity contribution is -0.671. The summed E-state index contributed by atoms with van der Waals surface area (Å²) in [5.41, 5.74) is 3.74. The molecule has 4 rings (SSSR count). The van der Waals surface area contributed by atoms with Crippen LogP contribution in [0.15, 0.2) is 60.9 Å². The van der Waals surface area contributed by atoms with E-state index in [-0.39, 0.29) is 35.6 Å². The van der Waals surface area contributed by atoms with E-state index in [1.54, 1.807) is 18.2 Å². The number of halogens is 2. The third-order valence-electron chi connectivity index (χ3n) is 5.56. The van der Waals surface area contributed by atoms with Crippen molar-refractivity contribution in [2.75, 3.05) is 7.11 Å². The molecule has 1 unspecified atom stereocenters. The smallest absolute Gasteiger partial charge is 0.268 e. The summed E-state index contributed by atoms with van der Waals surface area (Å²) >= 11 is 6.28. The zero-order chi connectivity index (χ0) is 23.8. The molecule has 2 heterocycles. The first-order valence-corrected chi connectivity index (χ1v) is 12.5. The minimum Gasteiger partial charge on any atom is -1.00 e. The minimum atomic E-state index is -3.62. The van der Waals surface area contributed by atoms with E-state index in [9.17, 15) is 9.36 Å². The summed E-state index contributed by atoms with van der Waals surface area (Å²) in [5, 5.41) is 4.87. The first kappa shape index (κ1) is 26.4. The second-order valence-corrected chi connectivity index (χ2v) is 11.0. The van der Waals surface area contributed by atoms with Gasteiger partial charge in [0.25, 0.3) is 13.3 Å². The number of carbonyl (C=O) groups excluding carboxylic acids is 1. The topological polar surface area (TPSA) is 75.1 Å². The fraction of sp³-hybridized carbons (Fsp3) is 0.200. The Bertz CT molecular complexity index is 1380. The molecule has 2 aromatic heterocycles. The van der Waals surface area contributed by atoms with Gasteiger partial charge in [-0.15, -0.1) is 0 Å². The van der Waals surface area contributed by atoms with E-state index >= 15 is 0 Å². The molecular weight excluding hydrogens is 584 g/mol. The van der Waals surface area contributed by atoms with Crippen LogP contribution in [-0.2, 0) is 22.7 Å². The van der Waals surface area contributed by atoms with Crippen molar-refractivity contribution in [2.45, 2.75) is 20.4 Å². The number of carbonyl (C=O) groups is 1. The number of benzene rings is 2. The van der Waals surface area contributed by atoms with Crippen LogP contribution in [0.25, 0.3) is 10.9 Å². The molecule has 0 bridgehead atoms. The number of H-pyrrole nitrogens is 1. The molecule has 9 heteroatoms. The highest BCUT2D eigenvalue weighted by Gasteiger charge is 2.36. The van der Waals surface area contributed by atoms with Crippen molar-refractivity contribution < 1.29 is 42.4 Å². The highest BCUT2D eigenvalue weighted by atomic mass is 127. The Balaban J connectivity index is 0.00000324. The number of hydrogen-bond acceptors (Lipinski definition) is 3. The van der Waals surface area contributed by atoms with Crippen LogP contribution in [-0.4, -0.2) is 18.0 Å². The molecule has 0 aliphatic carbocycles. The lowest BCUT2D eigenvalue weighted by Crippen LogP contribution is -3.00. The lowest BCUT2D eigenvalue weighted by Gasteiger charge is -2.19. The van der Waals surface area contributed by atoms with E-state index < -0.39 is 7.37 Å². The number of amides is 1. The fourth-order valence-corrected chi connectivity index (χ4v) is 6.51. The van der Waals surface area contributed by atoms with Gasteiger partial charge < -0.3 is 38.8 Å². The largest absolute Gasteiger partial charge is 1.00 e. The number of fused-ring (bicyclic) bond motifs is 1. The summed E-state index contributed by atoms with van der Waals surface area (Å²) < 4.78 is 22.1. The Morgan fingerprint density at radius 3 is 2.35 bits per heavy atom. The molecule has 0 spiro atoms. The van der Waals surface area contributed by atoms with Crippen molar-refractivity contribution in [1.82, 2.24) is 10.3 Å². The number of nitrogens with zero attached hydrogens (tertiary/aromatic N) is 1. The molecule has 0 saturated heterocycles. The number of pyridine rings is 1. The number of aryl methyl sites for hydroxylation is 3. The van der Waals surface area contributed by atoms with Crippen LogP contribution in [0, 0.1) is 13.8 Å². The lowest BCUT2D eigenvalue weighted by atomic mass is 10.2. The van der Waals surface area contributed by atoms with Crippen molar-refractivity contribution >= 4 is 46.4 Å². The van der Waals surface area contributed by atoms with Crippen molar-refractivity contribution in [2.24, 2.45) is 7.05 Å². The monoisotopic (exact) mass is 609 g/mol. The molecule has 0 aliphatic heterocycles. The highest BCUT2D eigenvalue weighted by molar-refractivity contribution is 7.75. The number of nitrogens with one attached hydrogen (secondary N) is 2. The zero-order valence-electron chi connectivity index (χ0n) is 19.4. The van der Waals surface area contributed by atoms with Crippen LogP contribution < -0.4 is 44.5 Å². The minimum absolute atomic E-state index is 0. The average Bonchev–Trinajstić information content (AvgIpc) is 3.16. The van der Waals surface area contributed by atoms with E-state index in [4.69, 9.17) is 16.1 Å². The van der Waals surface area contributed by atoms with Crippen molar-refractivity contribution in [1.29, 1.82) is 0 Å². The summed E-state index contributed by atoms with van der Waals surface area (Å²) in [6.07, 6.45) is 3.83. The predicted molar refractivity (Wildman–Crippen MR) is 132 cm³/mol. The van der Waals surface area contributed by atoms with Gasteiger partial charge in [0.05, 0.1) is 5.30 Å². The van der Waals surface area contributed by atoms with E-state index in [2.05, 4.69) is 10.3 Å². The van der Waals surface area contributed by atoms with Crippen LogP contribution in [0.5, 0.6) is 0 Å². The Kier molecular flexibility index (Phi) is 8.24. The van der Waals surface area contributed by atoms with Gasteiger partial charge in [-0.3, -0.25) is 9.36 Å². The van der Waals surface area contributed by atoms with Gasteiger partial charge in [-0.05, 0) is 49.7 Å². The van der Waals surface area contributed by atoms with Gasteiger partial charge in [0.15, 0.2) is 12.4 Å². The molecule has 4 aromatic rings. The SMILES string of the molecule is COP(=O)(c1cc(C)cc(C)c1)c1c(C(=O)NCc2cc[n+](C)cc2)[nH]c2ccc(Cl)cc12.[I-]. The molecular formula is C25H26ClIN3O3P. The second-order valence-electron chi connectivity index (χ2n) is 8.17. The van der Waals surface area contributed by atoms with E-state index in [0.717, 1.165) is 16.7 Å². The first-order valence-electron chi connectivity index (χ1n) is 10.5. The predicted octanol–water partition coefficient (Wildman–Crippen LogP) is 1.07. The number of aromatic nitrogens is 2. The maximum Gasteiger partial charge on any atom is 0.268 e. The number of hydrogen-bond donors (Lipinski definition) is 2. The van der Waals surface area contributed by atoms with Crippen molar-refractivity contribution in [3.05, 3.63) is 88.3 Å². The van der Waals surface area contributed by atoms with E-state index in [1.165, 1.54) is 7.11 Å². The van der Waals surface area contributed by atoms with Crippen LogP contribution >= 0.6 is 19.0 Å². The van der Waals surface area contributed by atoms with E-state index in [1.807, 2.05) is 68.2 Å². The maximum atomic E-state index is 14.4. The molecule has 6 nitrogen and oxygen atoms in total. The van der Waals surface area contributed by atoms with Gasteiger partial charge in [0, 0.05) is 47.0 Å². The summed E-state index contributed by atoms with van der Waals surface area (Å²) in [4.78, 5) is 16.5. The molecule has 0 aliphatic rings. The van der Waals surface area contributed by atoms with Gasteiger partial charge in [-0.25, -0.2) is 4.57 Å². The molecule has 1 amide bonds. The molecule has 178 valence electrons. The first-order chi connectivity index (χ1) is 15.7. The third-order valence-corrected chi connectivity index (χ3v) is 8.30. The molecule has 1 atom stereocenters. The molecule has 0 fully saturated rings. The van der Waals surface area contributed by atoms with Gasteiger partial charge in [-0.2, -0.15) is 0 Å². The van der Waals surface area contributed by atoms with Gasteiger partial charge >= 0.3 is 0 Å². The summed E-state index contributed by atoms with van der Waals surface area (Å²) in [7, 11) is -0.284. The molecule has 0 saturated carbocycles. The average molecular weight is 610 g/mol. The van der Waals surface area contributed by atoms with Crippen LogP contribution in [0.4, 0.5) is 0 Å². The third kappa shape index (κ3) is 5.23. The maximum absolute atomic E-state index is 14.4. The Hall–Kier alpha value is -2.19. The standard InChI is InChI=1S/C25H25ClN3O3P.HI/c1-16-11-17(2)13-20(12-16)33(31,32-4)24-21-14-19(26)5-6-22(21)28-23(24)25(30)27-15-18-7-9-29(3)10-8-18;/h5-14H,15H2,1-4H3,(H-,27,28,30,31);1H. The summed E-state index contributed by atoms with van der Waals surface area (Å²) in [5.74, 6) is -0.368.